The Kier molecular flexibility index (Phi) is 6.10. The molecule has 1 aromatic rings. The molecule has 6 heteroatoms. The summed E-state index contributed by atoms with van der Waals surface area (Å²) in [5, 5.41) is 0. The molecule has 0 saturated carbocycles. The van der Waals surface area contributed by atoms with Crippen molar-refractivity contribution in [3.8, 4) is 0 Å². The van der Waals surface area contributed by atoms with E-state index >= 15 is 0 Å². The average Bonchev–Trinajstić information content (AvgIpc) is 2.75. The molecular formula is C19H32B2O4. The van der Waals surface area contributed by atoms with Crippen LogP contribution >= 0.6 is 0 Å². The van der Waals surface area contributed by atoms with Crippen LogP contribution in [0.4, 0.5) is 0 Å². The second-order valence-electron chi connectivity index (χ2n) is 8.27. The Hall–Kier alpha value is -0.810. The van der Waals surface area contributed by atoms with Crippen molar-refractivity contribution in [2.45, 2.75) is 78.6 Å². The lowest BCUT2D eigenvalue weighted by molar-refractivity contribution is 0.00578. The molecule has 1 saturated heterocycles. The summed E-state index contributed by atoms with van der Waals surface area (Å²) in [4.78, 5) is 0. The van der Waals surface area contributed by atoms with E-state index in [2.05, 4.69) is 48.5 Å². The van der Waals surface area contributed by atoms with Gasteiger partial charge in [0.2, 0.25) is 0 Å². The van der Waals surface area contributed by atoms with Crippen LogP contribution < -0.4 is 10.9 Å². The average molecular weight is 346 g/mol. The van der Waals surface area contributed by atoms with E-state index in [0.717, 1.165) is 17.3 Å². The van der Waals surface area contributed by atoms with Gasteiger partial charge in [0.1, 0.15) is 0 Å². The predicted molar refractivity (Wildman–Crippen MR) is 105 cm³/mol. The maximum atomic E-state index is 6.16. The van der Waals surface area contributed by atoms with Gasteiger partial charge in [-0.2, -0.15) is 0 Å². The van der Waals surface area contributed by atoms with Crippen molar-refractivity contribution in [3.05, 3.63) is 24.3 Å². The van der Waals surface area contributed by atoms with Crippen molar-refractivity contribution in [2.24, 2.45) is 0 Å². The van der Waals surface area contributed by atoms with Crippen LogP contribution in [0.2, 0.25) is 0 Å². The fourth-order valence-corrected chi connectivity index (χ4v) is 2.51. The normalized spacial score (nSPS) is 19.3. The lowest BCUT2D eigenvalue weighted by atomic mass is 9.73. The number of hydrogen-bond donors (Lipinski definition) is 0. The molecule has 0 aromatic heterocycles. The summed E-state index contributed by atoms with van der Waals surface area (Å²) in [6, 6.07) is 8.14. The molecule has 0 spiro atoms. The maximum absolute atomic E-state index is 6.16. The largest absolute Gasteiger partial charge is 0.494 e. The minimum atomic E-state index is -0.368. The predicted octanol–water partition coefficient (Wildman–Crippen LogP) is 2.92. The number of hydrogen-bond acceptors (Lipinski definition) is 4. The van der Waals surface area contributed by atoms with Crippen molar-refractivity contribution >= 4 is 25.2 Å². The molecule has 0 bridgehead atoms. The van der Waals surface area contributed by atoms with Crippen LogP contribution in [-0.2, 0) is 18.6 Å². The van der Waals surface area contributed by atoms with Gasteiger partial charge in [0.05, 0.1) is 11.2 Å². The molecule has 25 heavy (non-hydrogen) atoms. The fourth-order valence-electron chi connectivity index (χ4n) is 2.51. The third-order valence-corrected chi connectivity index (χ3v) is 5.33. The lowest BCUT2D eigenvalue weighted by Crippen LogP contribution is -2.44. The van der Waals surface area contributed by atoms with E-state index in [-0.39, 0.29) is 31.0 Å². The van der Waals surface area contributed by atoms with Crippen LogP contribution in [0, 0.1) is 0 Å². The monoisotopic (exact) mass is 346 g/mol. The van der Waals surface area contributed by atoms with Crippen molar-refractivity contribution < 1.29 is 18.6 Å². The van der Waals surface area contributed by atoms with Crippen LogP contribution in [0.1, 0.15) is 61.8 Å². The first kappa shape index (κ1) is 20.5. The second kappa shape index (κ2) is 7.43. The molecule has 4 nitrogen and oxygen atoms in total. The molecule has 1 aliphatic heterocycles. The molecule has 0 atom stereocenters. The third-order valence-electron chi connectivity index (χ3n) is 5.33. The van der Waals surface area contributed by atoms with Gasteiger partial charge >= 0.3 is 14.2 Å². The Labute approximate surface area is 153 Å². The highest BCUT2D eigenvalue weighted by Gasteiger charge is 2.51. The number of benzene rings is 1. The van der Waals surface area contributed by atoms with Gasteiger partial charge in [-0.1, -0.05) is 31.2 Å². The summed E-state index contributed by atoms with van der Waals surface area (Å²) in [6.07, 6.45) is 0.919. The van der Waals surface area contributed by atoms with Gasteiger partial charge in [-0.25, -0.2) is 0 Å². The molecule has 1 fully saturated rings. The number of rotatable bonds is 7. The van der Waals surface area contributed by atoms with Crippen LogP contribution in [0.15, 0.2) is 24.3 Å². The van der Waals surface area contributed by atoms with Crippen LogP contribution in [0.25, 0.3) is 0 Å². The van der Waals surface area contributed by atoms with Crippen molar-refractivity contribution in [3.63, 3.8) is 0 Å². The van der Waals surface area contributed by atoms with Gasteiger partial charge in [0.25, 0.3) is 0 Å². The van der Waals surface area contributed by atoms with Gasteiger partial charge < -0.3 is 18.6 Å². The van der Waals surface area contributed by atoms with E-state index in [1.807, 2.05) is 31.2 Å². The van der Waals surface area contributed by atoms with Crippen LogP contribution in [-0.4, -0.2) is 37.6 Å². The molecule has 0 radical (unpaired) electrons. The highest BCUT2D eigenvalue weighted by atomic mass is 16.7. The zero-order valence-electron chi connectivity index (χ0n) is 17.0. The first-order valence-electron chi connectivity index (χ1n) is 9.26. The molecule has 0 N–H and O–H groups in total. The highest BCUT2D eigenvalue weighted by Crippen LogP contribution is 2.36. The van der Waals surface area contributed by atoms with E-state index in [1.54, 1.807) is 0 Å². The fraction of sp³-hybridized carbons (Fsp3) is 0.684. The molecule has 0 unspecified atom stereocenters. The van der Waals surface area contributed by atoms with Gasteiger partial charge in [-0.3, -0.25) is 0 Å². The zero-order chi connectivity index (χ0) is 18.9. The smallest absolute Gasteiger partial charge is 0.408 e. The summed E-state index contributed by atoms with van der Waals surface area (Å²) in [6.45, 7) is 17.1. The molecule has 1 aliphatic rings. The summed E-state index contributed by atoms with van der Waals surface area (Å²) in [5.41, 5.74) is 1.11. The van der Waals surface area contributed by atoms with Gasteiger partial charge in [0, 0.05) is 12.2 Å². The second-order valence-corrected chi connectivity index (χ2v) is 8.27. The SMILES string of the molecule is CCOB(OC(C)(C)CC)c1ccc(B2OC(C)(C)C(C)(C)O2)cc1. The van der Waals surface area contributed by atoms with E-state index in [0.29, 0.717) is 6.61 Å². The van der Waals surface area contributed by atoms with Gasteiger partial charge in [0.15, 0.2) is 0 Å². The molecule has 2 rings (SSSR count). The molecule has 1 heterocycles. The first-order valence-corrected chi connectivity index (χ1v) is 9.26. The Morgan fingerprint density at radius 3 is 1.96 bits per heavy atom. The van der Waals surface area contributed by atoms with Crippen molar-refractivity contribution in [2.75, 3.05) is 6.61 Å². The standard InChI is InChI=1S/C19H32B2O4/c1-9-17(3,4)23-20(22-10-2)15-11-13-16(14-12-15)21-24-18(5,6)19(7,8)25-21/h11-14H,9-10H2,1-8H3. The van der Waals surface area contributed by atoms with E-state index in [4.69, 9.17) is 18.6 Å². The minimum Gasteiger partial charge on any atom is -0.408 e. The lowest BCUT2D eigenvalue weighted by Gasteiger charge is -2.32. The van der Waals surface area contributed by atoms with Crippen molar-refractivity contribution in [1.82, 2.24) is 0 Å². The maximum Gasteiger partial charge on any atom is 0.494 e. The van der Waals surface area contributed by atoms with Crippen LogP contribution in [0.5, 0.6) is 0 Å². The first-order chi connectivity index (χ1) is 11.5. The van der Waals surface area contributed by atoms with Crippen LogP contribution in [0.3, 0.4) is 0 Å². The molecule has 1 aromatic carbocycles. The zero-order valence-corrected chi connectivity index (χ0v) is 17.0. The van der Waals surface area contributed by atoms with E-state index in [1.165, 1.54) is 0 Å². The topological polar surface area (TPSA) is 36.9 Å². The summed E-state index contributed by atoms with van der Waals surface area (Å²) in [5.74, 6) is 0. The Bertz CT molecular complexity index is 553. The Balaban J connectivity index is 2.15. The Morgan fingerprint density at radius 1 is 1.00 bits per heavy atom. The molecular weight excluding hydrogens is 314 g/mol. The highest BCUT2D eigenvalue weighted by molar-refractivity contribution is 6.63. The van der Waals surface area contributed by atoms with E-state index < -0.39 is 0 Å². The molecule has 138 valence electrons. The Morgan fingerprint density at radius 2 is 1.52 bits per heavy atom. The van der Waals surface area contributed by atoms with Gasteiger partial charge in [-0.05, 0) is 65.8 Å². The molecule has 0 aliphatic carbocycles. The third kappa shape index (κ3) is 4.68. The molecule has 0 amide bonds. The van der Waals surface area contributed by atoms with Gasteiger partial charge in [-0.15, -0.1) is 0 Å². The van der Waals surface area contributed by atoms with E-state index in [9.17, 15) is 0 Å². The quantitative estimate of drug-likeness (QED) is 0.712. The van der Waals surface area contributed by atoms with Crippen molar-refractivity contribution in [1.29, 1.82) is 0 Å². The minimum absolute atomic E-state index is 0.232. The summed E-state index contributed by atoms with van der Waals surface area (Å²) >= 11 is 0. The summed E-state index contributed by atoms with van der Waals surface area (Å²) < 4.78 is 24.2. The summed E-state index contributed by atoms with van der Waals surface area (Å²) in [7, 11) is -0.718.